The van der Waals surface area contributed by atoms with E-state index < -0.39 is 11.6 Å². The van der Waals surface area contributed by atoms with Gasteiger partial charge in [0.15, 0.2) is 5.58 Å². The zero-order valence-corrected chi connectivity index (χ0v) is 7.88. The molecule has 2 rings (SSSR count). The molecule has 1 aromatic heterocycles. The Kier molecular flexibility index (Phi) is 2.22. The first kappa shape index (κ1) is 9.76. The molecule has 0 saturated heterocycles. The Morgan fingerprint density at radius 2 is 2.27 bits per heavy atom. The van der Waals surface area contributed by atoms with Crippen molar-refractivity contribution in [2.75, 3.05) is 0 Å². The molecule has 0 saturated carbocycles. The molecule has 5 heteroatoms. The van der Waals surface area contributed by atoms with Crippen LogP contribution in [0.4, 0.5) is 8.78 Å². The van der Waals surface area contributed by atoms with Crippen molar-refractivity contribution in [1.82, 2.24) is 5.16 Å². The van der Waals surface area contributed by atoms with Crippen molar-refractivity contribution in [3.63, 3.8) is 0 Å². The average Bonchev–Trinajstić information content (AvgIpc) is 2.59. The van der Waals surface area contributed by atoms with Crippen LogP contribution in [0.3, 0.4) is 0 Å². The van der Waals surface area contributed by atoms with Crippen molar-refractivity contribution in [2.45, 2.75) is 13.3 Å². The smallest absolute Gasteiger partial charge is 0.172 e. The second-order valence-corrected chi connectivity index (χ2v) is 3.27. The molecule has 0 amide bonds. The highest BCUT2D eigenvalue weighted by Gasteiger charge is 2.17. The first-order chi connectivity index (χ1) is 7.09. The van der Waals surface area contributed by atoms with E-state index in [4.69, 9.17) is 0 Å². The number of benzene rings is 1. The van der Waals surface area contributed by atoms with E-state index in [1.54, 1.807) is 0 Å². The molecule has 1 heterocycles. The van der Waals surface area contributed by atoms with E-state index in [0.717, 1.165) is 12.3 Å². The molecule has 0 fully saturated rings. The second kappa shape index (κ2) is 3.42. The lowest BCUT2D eigenvalue weighted by Crippen LogP contribution is -2.03. The molecule has 1 aromatic carbocycles. The summed E-state index contributed by atoms with van der Waals surface area (Å²) in [6.45, 7) is 1.27. The summed E-state index contributed by atoms with van der Waals surface area (Å²) in [6.07, 6.45) is 0.895. The minimum Gasteiger partial charge on any atom is -0.356 e. The largest absolute Gasteiger partial charge is 0.356 e. The van der Waals surface area contributed by atoms with Crippen LogP contribution in [0.25, 0.3) is 11.0 Å². The normalized spacial score (nSPS) is 10.9. The number of aromatic nitrogens is 1. The molecule has 0 unspecified atom stereocenters. The zero-order valence-electron chi connectivity index (χ0n) is 7.88. The maximum absolute atomic E-state index is 13.6. The van der Waals surface area contributed by atoms with E-state index in [2.05, 4.69) is 9.68 Å². The monoisotopic (exact) mass is 211 g/mol. The molecule has 0 aliphatic rings. The number of ketones is 1. The first-order valence-corrected chi connectivity index (χ1v) is 4.30. The van der Waals surface area contributed by atoms with Crippen LogP contribution in [0, 0.1) is 11.6 Å². The molecule has 0 bridgehead atoms. The van der Waals surface area contributed by atoms with E-state index in [1.165, 1.54) is 6.92 Å². The number of Topliss-reactive ketones (excluding diaryl/α,β-unsaturated/α-hetero) is 1. The summed E-state index contributed by atoms with van der Waals surface area (Å²) in [5, 5.41) is 3.45. The van der Waals surface area contributed by atoms with E-state index >= 15 is 0 Å². The van der Waals surface area contributed by atoms with Gasteiger partial charge in [0.1, 0.15) is 17.4 Å². The number of carbonyl (C=O) groups is 1. The summed E-state index contributed by atoms with van der Waals surface area (Å²) in [4.78, 5) is 10.8. The van der Waals surface area contributed by atoms with Crippen molar-refractivity contribution in [3.8, 4) is 0 Å². The van der Waals surface area contributed by atoms with Gasteiger partial charge in [0.05, 0.1) is 11.6 Å². The number of carbonyl (C=O) groups excluding carboxylic acids is 1. The Hall–Kier alpha value is -1.78. The highest BCUT2D eigenvalue weighted by atomic mass is 19.1. The van der Waals surface area contributed by atoms with Gasteiger partial charge in [-0.05, 0) is 6.92 Å². The third-order valence-corrected chi connectivity index (χ3v) is 2.07. The Balaban J connectivity index is 2.66. The van der Waals surface area contributed by atoms with Crippen molar-refractivity contribution >= 4 is 16.8 Å². The number of hydrogen-bond acceptors (Lipinski definition) is 3. The van der Waals surface area contributed by atoms with Crippen LogP contribution in [-0.4, -0.2) is 10.9 Å². The molecule has 0 atom stereocenters. The van der Waals surface area contributed by atoms with Crippen LogP contribution < -0.4 is 0 Å². The van der Waals surface area contributed by atoms with E-state index in [-0.39, 0.29) is 28.7 Å². The number of hydrogen-bond donors (Lipinski definition) is 0. The van der Waals surface area contributed by atoms with Crippen molar-refractivity contribution in [3.05, 3.63) is 29.5 Å². The summed E-state index contributed by atoms with van der Waals surface area (Å²) in [6, 6.07) is 1.03. The molecule has 3 nitrogen and oxygen atoms in total. The van der Waals surface area contributed by atoms with Gasteiger partial charge in [0.25, 0.3) is 0 Å². The maximum atomic E-state index is 13.6. The van der Waals surface area contributed by atoms with Gasteiger partial charge < -0.3 is 4.52 Å². The van der Waals surface area contributed by atoms with Crippen LogP contribution in [0.1, 0.15) is 12.5 Å². The number of nitrogens with zero attached hydrogens (tertiary/aromatic N) is 1. The van der Waals surface area contributed by atoms with E-state index in [1.807, 2.05) is 0 Å². The summed E-state index contributed by atoms with van der Waals surface area (Å²) in [7, 11) is 0. The fourth-order valence-corrected chi connectivity index (χ4v) is 1.40. The lowest BCUT2D eigenvalue weighted by molar-refractivity contribution is -0.116. The SMILES string of the molecule is CC(=O)Cc1c(F)cc2oncc2c1F. The Morgan fingerprint density at radius 1 is 1.53 bits per heavy atom. The fourth-order valence-electron chi connectivity index (χ4n) is 1.40. The summed E-state index contributed by atoms with van der Waals surface area (Å²) in [5.41, 5.74) is -0.199. The zero-order chi connectivity index (χ0) is 11.0. The van der Waals surface area contributed by atoms with Crippen LogP contribution in [0.5, 0.6) is 0 Å². The van der Waals surface area contributed by atoms with Gasteiger partial charge in [-0.3, -0.25) is 4.79 Å². The van der Waals surface area contributed by atoms with Gasteiger partial charge in [-0.15, -0.1) is 0 Å². The molecule has 0 aliphatic carbocycles. The Bertz CT molecular complexity index is 533. The number of halogens is 2. The first-order valence-electron chi connectivity index (χ1n) is 4.30. The van der Waals surface area contributed by atoms with Crippen molar-refractivity contribution < 1.29 is 18.1 Å². The van der Waals surface area contributed by atoms with Crippen LogP contribution in [-0.2, 0) is 11.2 Å². The van der Waals surface area contributed by atoms with Gasteiger partial charge in [0, 0.05) is 18.1 Å². The van der Waals surface area contributed by atoms with E-state index in [0.29, 0.717) is 0 Å². The minimum atomic E-state index is -0.785. The highest BCUT2D eigenvalue weighted by Crippen LogP contribution is 2.24. The van der Waals surface area contributed by atoms with Crippen LogP contribution in [0.2, 0.25) is 0 Å². The van der Waals surface area contributed by atoms with Gasteiger partial charge in [-0.2, -0.15) is 0 Å². The Labute approximate surface area is 83.7 Å². The van der Waals surface area contributed by atoms with Gasteiger partial charge in [-0.25, -0.2) is 8.78 Å². The minimum absolute atomic E-state index is 0.0392. The fraction of sp³-hybridized carbons (Fsp3) is 0.200. The summed E-state index contributed by atoms with van der Waals surface area (Å²) in [5.74, 6) is -1.86. The molecule has 0 radical (unpaired) electrons. The standard InChI is InChI=1S/C10H7F2NO2/c1-5(14)2-6-8(11)3-9-7(10(6)12)4-13-15-9/h3-4H,2H2,1H3. The summed E-state index contributed by atoms with van der Waals surface area (Å²) < 4.78 is 31.6. The molecule has 0 N–H and O–H groups in total. The number of rotatable bonds is 2. The highest BCUT2D eigenvalue weighted by molar-refractivity contribution is 5.82. The molecule has 78 valence electrons. The van der Waals surface area contributed by atoms with E-state index in [9.17, 15) is 13.6 Å². The van der Waals surface area contributed by atoms with Crippen molar-refractivity contribution in [2.24, 2.45) is 0 Å². The predicted octanol–water partition coefficient (Wildman–Crippen LogP) is 2.24. The lowest BCUT2D eigenvalue weighted by Gasteiger charge is -2.02. The molecule has 0 aliphatic heterocycles. The van der Waals surface area contributed by atoms with Gasteiger partial charge in [0.2, 0.25) is 0 Å². The topological polar surface area (TPSA) is 43.1 Å². The Morgan fingerprint density at radius 3 is 2.93 bits per heavy atom. The third-order valence-electron chi connectivity index (χ3n) is 2.07. The van der Waals surface area contributed by atoms with Gasteiger partial charge >= 0.3 is 0 Å². The van der Waals surface area contributed by atoms with Crippen molar-refractivity contribution in [1.29, 1.82) is 0 Å². The molecule has 0 spiro atoms. The molecular formula is C10H7F2NO2. The second-order valence-electron chi connectivity index (χ2n) is 3.27. The van der Waals surface area contributed by atoms with Gasteiger partial charge in [-0.1, -0.05) is 5.16 Å². The maximum Gasteiger partial charge on any atom is 0.172 e. The lowest BCUT2D eigenvalue weighted by atomic mass is 10.1. The third kappa shape index (κ3) is 1.60. The number of fused-ring (bicyclic) bond motifs is 1. The molecule has 15 heavy (non-hydrogen) atoms. The average molecular weight is 211 g/mol. The van der Waals surface area contributed by atoms with Crippen LogP contribution >= 0.6 is 0 Å². The molecule has 2 aromatic rings. The quantitative estimate of drug-likeness (QED) is 0.765. The predicted molar refractivity (Wildman–Crippen MR) is 48.3 cm³/mol. The summed E-state index contributed by atoms with van der Waals surface area (Å²) >= 11 is 0. The molecular weight excluding hydrogens is 204 g/mol. The van der Waals surface area contributed by atoms with Crippen LogP contribution in [0.15, 0.2) is 16.8 Å².